The molecular formula is C15H17FN4O4. The zero-order chi connectivity index (χ0) is 17.3. The van der Waals surface area contributed by atoms with Gasteiger partial charge in [0.25, 0.3) is 0 Å². The van der Waals surface area contributed by atoms with Crippen LogP contribution in [0.5, 0.6) is 5.75 Å². The Morgan fingerprint density at radius 2 is 2.33 bits per heavy atom. The highest BCUT2D eigenvalue weighted by Gasteiger charge is 2.25. The number of rotatable bonds is 5. The van der Waals surface area contributed by atoms with Crippen LogP contribution >= 0.6 is 0 Å². The quantitative estimate of drug-likeness (QED) is 0.658. The number of aliphatic hydroxyl groups is 1. The van der Waals surface area contributed by atoms with E-state index in [1.54, 1.807) is 6.07 Å². The molecule has 1 aromatic heterocycles. The molecule has 0 radical (unpaired) electrons. The molecule has 3 rings (SSSR count). The predicted octanol–water partition coefficient (Wildman–Crippen LogP) is 1.58. The van der Waals surface area contributed by atoms with Crippen molar-refractivity contribution in [3.8, 4) is 5.75 Å². The largest absolute Gasteiger partial charge is 0.487 e. The number of halogens is 1. The summed E-state index contributed by atoms with van der Waals surface area (Å²) in [5.74, 6) is 0.0582. The number of β-amino-alcohol motifs (C(OH)–C–C–N with tert-alkyl or cyclic N) is 1. The number of anilines is 1. The monoisotopic (exact) mass is 336 g/mol. The molecule has 0 saturated heterocycles. The molecule has 1 aliphatic rings. The average molecular weight is 336 g/mol. The van der Waals surface area contributed by atoms with Crippen molar-refractivity contribution in [3.63, 3.8) is 0 Å². The Kier molecular flexibility index (Phi) is 4.34. The fourth-order valence-corrected chi connectivity index (χ4v) is 2.75. The number of hydrogen-bond acceptors (Lipinski definition) is 6. The van der Waals surface area contributed by atoms with E-state index in [0.29, 0.717) is 18.0 Å². The van der Waals surface area contributed by atoms with Crippen LogP contribution < -0.4 is 9.64 Å². The lowest BCUT2D eigenvalue weighted by molar-refractivity contribution is -0.385. The van der Waals surface area contributed by atoms with Crippen molar-refractivity contribution >= 4 is 11.4 Å². The van der Waals surface area contributed by atoms with Crippen LogP contribution in [0.3, 0.4) is 0 Å². The molecule has 0 saturated carbocycles. The Morgan fingerprint density at radius 1 is 1.54 bits per heavy atom. The summed E-state index contributed by atoms with van der Waals surface area (Å²) in [5.41, 5.74) is 0.586. The molecule has 24 heavy (non-hydrogen) atoms. The molecule has 0 amide bonds. The normalized spacial score (nSPS) is 18.0. The van der Waals surface area contributed by atoms with Crippen LogP contribution in [-0.4, -0.2) is 45.1 Å². The molecule has 9 heteroatoms. The number of nitro groups is 1. The van der Waals surface area contributed by atoms with E-state index in [1.165, 1.54) is 23.0 Å². The summed E-state index contributed by atoms with van der Waals surface area (Å²) in [7, 11) is 0. The minimum Gasteiger partial charge on any atom is -0.487 e. The van der Waals surface area contributed by atoms with Crippen molar-refractivity contribution < 1.29 is 19.2 Å². The summed E-state index contributed by atoms with van der Waals surface area (Å²) < 4.78 is 20.3. The van der Waals surface area contributed by atoms with Gasteiger partial charge in [0.1, 0.15) is 30.1 Å². The van der Waals surface area contributed by atoms with Gasteiger partial charge in [0.15, 0.2) is 0 Å². The maximum atomic E-state index is 13.4. The van der Waals surface area contributed by atoms with E-state index in [2.05, 4.69) is 5.10 Å². The van der Waals surface area contributed by atoms with E-state index < -0.39 is 11.0 Å². The van der Waals surface area contributed by atoms with Gasteiger partial charge < -0.3 is 14.7 Å². The van der Waals surface area contributed by atoms with Crippen LogP contribution in [-0.2, 0) is 6.54 Å². The number of nitrogens with zero attached hydrogens (tertiary/aromatic N) is 4. The summed E-state index contributed by atoms with van der Waals surface area (Å²) in [6, 6.07) is 4.28. The third-order valence-corrected chi connectivity index (χ3v) is 3.73. The van der Waals surface area contributed by atoms with Gasteiger partial charge in [-0.3, -0.25) is 14.8 Å². The standard InChI is InChI=1S/C15H17FN4O4/c1-10-6-18(14-3-2-11(16)4-15(14)24-10)8-13(21)9-19-7-12(5-17-19)20(22)23/h2-5,7,10,13,21H,6,8-9H2,1H3. The highest BCUT2D eigenvalue weighted by molar-refractivity contribution is 5.60. The minimum atomic E-state index is -0.798. The number of hydrogen-bond donors (Lipinski definition) is 1. The van der Waals surface area contributed by atoms with Crippen molar-refractivity contribution in [2.45, 2.75) is 25.7 Å². The van der Waals surface area contributed by atoms with Gasteiger partial charge in [-0.25, -0.2) is 4.39 Å². The maximum Gasteiger partial charge on any atom is 0.306 e. The van der Waals surface area contributed by atoms with Crippen LogP contribution in [0.2, 0.25) is 0 Å². The molecule has 1 N–H and O–H groups in total. The molecule has 0 fully saturated rings. The SMILES string of the molecule is CC1CN(CC(O)Cn2cc([N+](=O)[O-])cn2)c2ccc(F)cc2O1. The lowest BCUT2D eigenvalue weighted by atomic mass is 10.1. The first-order chi connectivity index (χ1) is 11.4. The number of aliphatic hydroxyl groups excluding tert-OH is 1. The second-order valence-corrected chi connectivity index (χ2v) is 5.78. The summed E-state index contributed by atoms with van der Waals surface area (Å²) in [4.78, 5) is 12.0. The second-order valence-electron chi connectivity index (χ2n) is 5.78. The average Bonchev–Trinajstić information content (AvgIpc) is 2.95. The zero-order valence-electron chi connectivity index (χ0n) is 13.0. The van der Waals surface area contributed by atoms with Crippen LogP contribution in [0.1, 0.15) is 6.92 Å². The third-order valence-electron chi connectivity index (χ3n) is 3.73. The van der Waals surface area contributed by atoms with Gasteiger partial charge in [0.05, 0.1) is 29.8 Å². The molecule has 2 unspecified atom stereocenters. The van der Waals surface area contributed by atoms with Crippen LogP contribution in [0, 0.1) is 15.9 Å². The molecular weight excluding hydrogens is 319 g/mol. The molecule has 1 aliphatic heterocycles. The Morgan fingerprint density at radius 3 is 3.04 bits per heavy atom. The van der Waals surface area contributed by atoms with Crippen molar-refractivity contribution in [2.75, 3.05) is 18.0 Å². The van der Waals surface area contributed by atoms with Gasteiger partial charge in [-0.05, 0) is 19.1 Å². The van der Waals surface area contributed by atoms with Gasteiger partial charge in [0, 0.05) is 12.6 Å². The fraction of sp³-hybridized carbons (Fsp3) is 0.400. The van der Waals surface area contributed by atoms with Gasteiger partial charge in [-0.2, -0.15) is 5.10 Å². The molecule has 0 spiro atoms. The van der Waals surface area contributed by atoms with Gasteiger partial charge in [-0.1, -0.05) is 0 Å². The number of aromatic nitrogens is 2. The van der Waals surface area contributed by atoms with Crippen molar-refractivity contribution in [1.82, 2.24) is 9.78 Å². The highest BCUT2D eigenvalue weighted by Crippen LogP contribution is 2.34. The van der Waals surface area contributed by atoms with Gasteiger partial charge in [-0.15, -0.1) is 0 Å². The Balaban J connectivity index is 1.70. The summed E-state index contributed by atoms with van der Waals surface area (Å²) in [6.45, 7) is 2.81. The molecule has 8 nitrogen and oxygen atoms in total. The summed E-state index contributed by atoms with van der Waals surface area (Å²) >= 11 is 0. The second kappa shape index (κ2) is 6.44. The molecule has 2 atom stereocenters. The van der Waals surface area contributed by atoms with Crippen molar-refractivity contribution in [2.24, 2.45) is 0 Å². The Labute approximate surface area is 137 Å². The van der Waals surface area contributed by atoms with E-state index in [4.69, 9.17) is 4.74 Å². The maximum absolute atomic E-state index is 13.4. The van der Waals surface area contributed by atoms with Gasteiger partial charge in [0.2, 0.25) is 0 Å². The van der Waals surface area contributed by atoms with E-state index in [-0.39, 0.29) is 30.7 Å². The first-order valence-electron chi connectivity index (χ1n) is 7.48. The lowest BCUT2D eigenvalue weighted by Crippen LogP contribution is -2.43. The molecule has 0 aliphatic carbocycles. The van der Waals surface area contributed by atoms with Crippen molar-refractivity contribution in [3.05, 3.63) is 46.5 Å². The topological polar surface area (TPSA) is 93.7 Å². The Hall–Kier alpha value is -2.68. The molecule has 2 aromatic rings. The number of ether oxygens (including phenoxy) is 1. The van der Waals surface area contributed by atoms with Crippen LogP contribution in [0.15, 0.2) is 30.6 Å². The smallest absolute Gasteiger partial charge is 0.306 e. The highest BCUT2D eigenvalue weighted by atomic mass is 19.1. The van der Waals surface area contributed by atoms with Gasteiger partial charge >= 0.3 is 5.69 Å². The van der Waals surface area contributed by atoms with E-state index in [9.17, 15) is 19.6 Å². The number of fused-ring (bicyclic) bond motifs is 1. The van der Waals surface area contributed by atoms with Crippen LogP contribution in [0.4, 0.5) is 15.8 Å². The lowest BCUT2D eigenvalue weighted by Gasteiger charge is -2.36. The molecule has 128 valence electrons. The van der Waals surface area contributed by atoms with E-state index in [1.807, 2.05) is 11.8 Å². The predicted molar refractivity (Wildman–Crippen MR) is 83.6 cm³/mol. The molecule has 0 bridgehead atoms. The molecule has 2 heterocycles. The van der Waals surface area contributed by atoms with Crippen molar-refractivity contribution in [1.29, 1.82) is 0 Å². The summed E-state index contributed by atoms with van der Waals surface area (Å²) in [6.07, 6.45) is 1.47. The summed E-state index contributed by atoms with van der Waals surface area (Å²) in [5, 5.41) is 24.8. The fourth-order valence-electron chi connectivity index (χ4n) is 2.75. The van der Waals surface area contributed by atoms with E-state index >= 15 is 0 Å². The zero-order valence-corrected chi connectivity index (χ0v) is 13.0. The van der Waals surface area contributed by atoms with Crippen LogP contribution in [0.25, 0.3) is 0 Å². The first kappa shape index (κ1) is 16.2. The minimum absolute atomic E-state index is 0.121. The third kappa shape index (κ3) is 3.46. The molecule has 1 aromatic carbocycles. The van der Waals surface area contributed by atoms with E-state index in [0.717, 1.165) is 6.20 Å². The number of benzene rings is 1. The Bertz CT molecular complexity index is 751. The first-order valence-corrected chi connectivity index (χ1v) is 7.48.